The topological polar surface area (TPSA) is 112 Å². The van der Waals surface area contributed by atoms with Gasteiger partial charge in [0.2, 0.25) is 5.91 Å². The number of carbonyl (C=O) groups is 1. The molecule has 2 aromatic carbocycles. The van der Waals surface area contributed by atoms with Gasteiger partial charge in [0.15, 0.2) is 0 Å². The molecule has 4 aromatic rings. The Balaban J connectivity index is 0.833. The molecule has 3 fully saturated rings. The van der Waals surface area contributed by atoms with Crippen molar-refractivity contribution in [3.05, 3.63) is 112 Å². The second-order valence-corrected chi connectivity index (χ2v) is 19.1. The van der Waals surface area contributed by atoms with Crippen molar-refractivity contribution in [3.63, 3.8) is 0 Å². The summed E-state index contributed by atoms with van der Waals surface area (Å²) in [6, 6.07) is 15.0. The van der Waals surface area contributed by atoms with Crippen molar-refractivity contribution in [2.45, 2.75) is 78.2 Å². The molecular formula is C52H73F3N12O2. The molecule has 3 aliphatic rings. The summed E-state index contributed by atoms with van der Waals surface area (Å²) in [5.74, 6) is 0.716. The summed E-state index contributed by atoms with van der Waals surface area (Å²) in [5.41, 5.74) is 4.12. The summed E-state index contributed by atoms with van der Waals surface area (Å²) in [6.45, 7) is 23.8. The van der Waals surface area contributed by atoms with Gasteiger partial charge in [-0.25, -0.2) is 4.79 Å². The third-order valence-electron chi connectivity index (χ3n) is 14.1. The van der Waals surface area contributed by atoms with Crippen LogP contribution >= 0.6 is 0 Å². The van der Waals surface area contributed by atoms with Crippen LogP contribution in [0.15, 0.2) is 88.2 Å². The summed E-state index contributed by atoms with van der Waals surface area (Å²) in [4.78, 5) is 40.7. The number of imidazole rings is 1. The van der Waals surface area contributed by atoms with Crippen molar-refractivity contribution in [1.29, 1.82) is 0 Å². The lowest BCUT2D eigenvalue weighted by Crippen LogP contribution is -2.50. The molecule has 17 heteroatoms. The Morgan fingerprint density at radius 3 is 2.30 bits per heavy atom. The van der Waals surface area contributed by atoms with Crippen LogP contribution in [0.25, 0.3) is 11.2 Å². The van der Waals surface area contributed by atoms with Gasteiger partial charge in [-0.05, 0) is 117 Å². The van der Waals surface area contributed by atoms with E-state index in [1.54, 1.807) is 24.8 Å². The Morgan fingerprint density at radius 2 is 1.61 bits per heavy atom. The number of pyridine rings is 1. The van der Waals surface area contributed by atoms with Crippen molar-refractivity contribution in [1.82, 2.24) is 44.1 Å². The number of anilines is 1. The molecular weight excluding hydrogens is 882 g/mol. The highest BCUT2D eigenvalue weighted by atomic mass is 19.4. The first kappa shape index (κ1) is 51.5. The van der Waals surface area contributed by atoms with Crippen molar-refractivity contribution in [2.75, 3.05) is 104 Å². The number of hydrogen-bond donors (Lipinski definition) is 2. The van der Waals surface area contributed by atoms with Crippen molar-refractivity contribution in [3.8, 4) is 5.69 Å². The number of piperazine rings is 2. The number of halogens is 3. The number of carbonyl (C=O) groups excluding carboxylic acids is 1. The maximum Gasteiger partial charge on any atom is 0.418 e. The zero-order valence-electron chi connectivity index (χ0n) is 41.1. The van der Waals surface area contributed by atoms with Gasteiger partial charge in [-0.1, -0.05) is 37.6 Å². The fourth-order valence-electron chi connectivity index (χ4n) is 9.91. The summed E-state index contributed by atoms with van der Waals surface area (Å²) in [6.07, 6.45) is 8.13. The normalized spacial score (nSPS) is 17.9. The minimum atomic E-state index is -4.63. The van der Waals surface area contributed by atoms with Gasteiger partial charge in [-0.15, -0.1) is 5.10 Å². The van der Waals surface area contributed by atoms with Crippen LogP contribution in [0.4, 0.5) is 18.9 Å². The number of piperidine rings is 1. The van der Waals surface area contributed by atoms with Crippen molar-refractivity contribution >= 4 is 30.2 Å². The number of aromatic nitrogens is 2. The number of benzene rings is 2. The average Bonchev–Trinajstić information content (AvgIpc) is 3.68. The number of aryl methyl sites for hydroxylation is 1. The molecule has 1 atom stereocenters. The number of fused-ring (bicyclic) bond motifs is 1. The zero-order chi connectivity index (χ0) is 48.9. The van der Waals surface area contributed by atoms with Gasteiger partial charge >= 0.3 is 11.9 Å². The average molecular weight is 955 g/mol. The molecule has 3 saturated heterocycles. The fourth-order valence-corrected chi connectivity index (χ4v) is 9.91. The number of alkyl halides is 3. The third kappa shape index (κ3) is 14.2. The van der Waals surface area contributed by atoms with Gasteiger partial charge in [-0.3, -0.25) is 28.5 Å². The van der Waals surface area contributed by atoms with E-state index in [4.69, 9.17) is 0 Å². The van der Waals surface area contributed by atoms with Crippen LogP contribution in [-0.4, -0.2) is 157 Å². The first-order valence-electron chi connectivity index (χ1n) is 24.8. The molecule has 0 bridgehead atoms. The van der Waals surface area contributed by atoms with E-state index < -0.39 is 17.4 Å². The number of rotatable bonds is 21. The maximum atomic E-state index is 14.5. The van der Waals surface area contributed by atoms with E-state index in [0.717, 1.165) is 108 Å². The van der Waals surface area contributed by atoms with E-state index in [1.165, 1.54) is 46.5 Å². The van der Waals surface area contributed by atoms with Crippen LogP contribution in [-0.2, 0) is 30.5 Å². The first-order chi connectivity index (χ1) is 33.3. The number of hydrogen-bond acceptors (Lipinski definition) is 10. The number of likely N-dealkylation sites (tertiary alicyclic amines) is 1. The van der Waals surface area contributed by atoms with Crippen molar-refractivity contribution < 1.29 is 18.0 Å². The molecule has 2 N–H and O–H groups in total. The molecule has 0 spiro atoms. The summed E-state index contributed by atoms with van der Waals surface area (Å²) >= 11 is 0. The van der Waals surface area contributed by atoms with Crippen LogP contribution in [0.1, 0.15) is 67.3 Å². The van der Waals surface area contributed by atoms with Crippen LogP contribution in [0.3, 0.4) is 0 Å². The van der Waals surface area contributed by atoms with Gasteiger partial charge in [0.25, 0.3) is 0 Å². The Hall–Kier alpha value is -5.33. The molecule has 5 heterocycles. The van der Waals surface area contributed by atoms with E-state index >= 15 is 0 Å². The van der Waals surface area contributed by atoms with Gasteiger partial charge in [0.1, 0.15) is 6.34 Å². The van der Waals surface area contributed by atoms with Gasteiger partial charge in [0.05, 0.1) is 22.8 Å². The highest BCUT2D eigenvalue weighted by Crippen LogP contribution is 2.34. The molecule has 14 nitrogen and oxygen atoms in total. The number of allylic oxidation sites excluding steroid dienone is 1. The lowest BCUT2D eigenvalue weighted by atomic mass is 9.96. The largest absolute Gasteiger partial charge is 0.418 e. The summed E-state index contributed by atoms with van der Waals surface area (Å²) in [7, 11) is 1.86. The highest BCUT2D eigenvalue weighted by Gasteiger charge is 2.35. The Labute approximate surface area is 406 Å². The fraction of sp³-hybridized carbons (Fsp3) is 0.538. The van der Waals surface area contributed by atoms with E-state index in [9.17, 15) is 22.8 Å². The standard InChI is InChI=1S/C52H73F3N12O2/c1-6-9-48(50(68)57-17-7-2)58-34-44-33-45(13-12-40(44)3)65-29-27-64(28-30-65)35-42-15-19-61(20-16-42)21-22-62-23-25-63(26-24-62)36-43-32-47(52(53,54)55)49-38-66(51(69)67(49)37-43)46-11-8-10-41(31-46)14-18-60(5)39-59-56-4/h7-8,10-13,17,31-33,37-39,42,48,58H,4,6,9,14-16,18-30,34-36H2,1-3,5H3,(H,57,68)/b17-7?,59-39-. The van der Waals surface area contributed by atoms with Crippen LogP contribution < -0.4 is 21.2 Å². The SMILES string of the molecule is C=N/N=C\N(C)CCc1cccc(-n2cc3c(C(F)(F)F)cc(CN4CCN(CCN5CCC(CN6CCN(c7ccc(C)c(CNC(CCC)C(=O)NC=CC)c7)CC6)CC5)CC4)cn3c2=O)c1. The molecule has 2 aromatic heterocycles. The quantitative estimate of drug-likeness (QED) is 0.0583. The third-order valence-corrected chi connectivity index (χ3v) is 14.1. The molecule has 0 radical (unpaired) electrons. The Kier molecular flexibility index (Phi) is 18.3. The van der Waals surface area contributed by atoms with Gasteiger partial charge in [-0.2, -0.15) is 18.3 Å². The minimum Gasteiger partial charge on any atom is -0.369 e. The smallest absolute Gasteiger partial charge is 0.369 e. The number of nitrogens with one attached hydrogen (secondary N) is 2. The predicted molar refractivity (Wildman–Crippen MR) is 272 cm³/mol. The summed E-state index contributed by atoms with van der Waals surface area (Å²) < 4.78 is 46.1. The summed E-state index contributed by atoms with van der Waals surface area (Å²) in [5, 5.41) is 13.6. The van der Waals surface area contributed by atoms with E-state index in [1.807, 2.05) is 43.1 Å². The first-order valence-corrected chi connectivity index (χ1v) is 24.8. The number of amides is 1. The number of nitrogens with zero attached hydrogens (tertiary/aromatic N) is 10. The van der Waals surface area contributed by atoms with Crippen LogP contribution in [0.5, 0.6) is 0 Å². The molecule has 0 saturated carbocycles. The second-order valence-electron chi connectivity index (χ2n) is 19.1. The molecule has 69 heavy (non-hydrogen) atoms. The molecule has 1 unspecified atom stereocenters. The Morgan fingerprint density at radius 1 is 0.899 bits per heavy atom. The van der Waals surface area contributed by atoms with Crippen LogP contribution in [0.2, 0.25) is 0 Å². The predicted octanol–water partition coefficient (Wildman–Crippen LogP) is 6.10. The molecule has 7 rings (SSSR count). The van der Waals surface area contributed by atoms with Crippen LogP contribution in [0, 0.1) is 12.8 Å². The van der Waals surface area contributed by atoms with Gasteiger partial charge < -0.3 is 25.3 Å². The van der Waals surface area contributed by atoms with Gasteiger partial charge in [0, 0.05) is 123 Å². The van der Waals surface area contributed by atoms with Crippen molar-refractivity contribution in [2.24, 2.45) is 16.1 Å². The number of likely N-dealkylation sites (N-methyl/N-ethyl adjacent to an activating group) is 1. The lowest BCUT2D eigenvalue weighted by Gasteiger charge is -2.40. The monoisotopic (exact) mass is 955 g/mol. The zero-order valence-corrected chi connectivity index (χ0v) is 41.1. The molecule has 3 aliphatic heterocycles. The molecule has 0 aliphatic carbocycles. The van der Waals surface area contributed by atoms with E-state index in [2.05, 4.69) is 84.1 Å². The lowest BCUT2D eigenvalue weighted by molar-refractivity contribution is -0.136. The van der Waals surface area contributed by atoms with E-state index in [0.29, 0.717) is 43.2 Å². The highest BCUT2D eigenvalue weighted by molar-refractivity contribution is 5.82. The maximum absolute atomic E-state index is 14.5. The Bertz CT molecular complexity index is 2430. The second kappa shape index (κ2) is 24.5. The van der Waals surface area contributed by atoms with E-state index in [-0.39, 0.29) is 17.5 Å². The molecule has 374 valence electrons. The molecule has 1 amide bonds. The minimum absolute atomic E-state index is 0.0106.